The van der Waals surface area contributed by atoms with Crippen LogP contribution in [0.25, 0.3) is 11.3 Å². The average Bonchev–Trinajstić information content (AvgIpc) is 2.62. The Morgan fingerprint density at radius 2 is 2.00 bits per heavy atom. The van der Waals surface area contributed by atoms with Gasteiger partial charge in [-0.15, -0.1) is 0 Å². The molecule has 5 heteroatoms. The number of benzene rings is 1. The van der Waals surface area contributed by atoms with Crippen molar-refractivity contribution in [3.63, 3.8) is 0 Å². The summed E-state index contributed by atoms with van der Waals surface area (Å²) in [5, 5.41) is 3.71. The SMILES string of the molecule is Cc1cc2c(cc1-c1ccnc(N3CCOCC3)n1)NC(C)(C)C[C@@H]2C. The quantitative estimate of drug-likeness (QED) is 0.886. The van der Waals surface area contributed by atoms with Crippen LogP contribution >= 0.6 is 0 Å². The van der Waals surface area contributed by atoms with E-state index in [2.05, 4.69) is 55.0 Å². The maximum absolute atomic E-state index is 5.44. The molecular weight excluding hydrogens is 324 g/mol. The van der Waals surface area contributed by atoms with Crippen molar-refractivity contribution in [1.82, 2.24) is 9.97 Å². The number of hydrogen-bond acceptors (Lipinski definition) is 5. The Morgan fingerprint density at radius 1 is 1.23 bits per heavy atom. The molecule has 0 spiro atoms. The van der Waals surface area contributed by atoms with Crippen molar-refractivity contribution in [1.29, 1.82) is 0 Å². The Hall–Kier alpha value is -2.14. The molecule has 0 bridgehead atoms. The van der Waals surface area contributed by atoms with Gasteiger partial charge in [0.25, 0.3) is 0 Å². The molecule has 2 aliphatic heterocycles. The van der Waals surface area contributed by atoms with Gasteiger partial charge in [-0.05, 0) is 56.4 Å². The maximum atomic E-state index is 5.44. The summed E-state index contributed by atoms with van der Waals surface area (Å²) in [6, 6.07) is 6.61. The van der Waals surface area contributed by atoms with E-state index in [1.807, 2.05) is 12.3 Å². The van der Waals surface area contributed by atoms with Gasteiger partial charge < -0.3 is 15.0 Å². The van der Waals surface area contributed by atoms with Crippen LogP contribution in [-0.4, -0.2) is 41.8 Å². The van der Waals surface area contributed by atoms with Crippen molar-refractivity contribution in [2.75, 3.05) is 36.5 Å². The number of fused-ring (bicyclic) bond motifs is 1. The topological polar surface area (TPSA) is 50.3 Å². The van der Waals surface area contributed by atoms with E-state index in [0.717, 1.165) is 44.4 Å². The predicted octanol–water partition coefficient (Wildman–Crippen LogP) is 3.99. The Kier molecular flexibility index (Phi) is 4.35. The fourth-order valence-corrected chi connectivity index (χ4v) is 4.23. The van der Waals surface area contributed by atoms with Gasteiger partial charge in [-0.1, -0.05) is 13.0 Å². The first kappa shape index (κ1) is 17.3. The highest BCUT2D eigenvalue weighted by atomic mass is 16.5. The van der Waals surface area contributed by atoms with Crippen LogP contribution in [-0.2, 0) is 4.74 Å². The highest BCUT2D eigenvalue weighted by molar-refractivity contribution is 5.73. The summed E-state index contributed by atoms with van der Waals surface area (Å²) in [6.45, 7) is 12.2. The number of hydrogen-bond donors (Lipinski definition) is 1. The van der Waals surface area contributed by atoms with Gasteiger partial charge >= 0.3 is 0 Å². The summed E-state index contributed by atoms with van der Waals surface area (Å²) in [5.74, 6) is 1.35. The highest BCUT2D eigenvalue weighted by Gasteiger charge is 2.30. The minimum absolute atomic E-state index is 0.115. The molecule has 1 atom stereocenters. The predicted molar refractivity (Wildman–Crippen MR) is 106 cm³/mol. The second kappa shape index (κ2) is 6.54. The van der Waals surface area contributed by atoms with Gasteiger partial charge in [-0.3, -0.25) is 0 Å². The third-order valence-corrected chi connectivity index (χ3v) is 5.43. The minimum atomic E-state index is 0.115. The third-order valence-electron chi connectivity index (χ3n) is 5.43. The molecule has 3 heterocycles. The van der Waals surface area contributed by atoms with Gasteiger partial charge in [0.05, 0.1) is 18.9 Å². The maximum Gasteiger partial charge on any atom is 0.226 e. The summed E-state index contributed by atoms with van der Waals surface area (Å²) < 4.78 is 5.44. The molecule has 1 aromatic carbocycles. The van der Waals surface area contributed by atoms with Crippen LogP contribution in [0.5, 0.6) is 0 Å². The average molecular weight is 352 g/mol. The lowest BCUT2D eigenvalue weighted by molar-refractivity contribution is 0.122. The zero-order valence-corrected chi connectivity index (χ0v) is 16.2. The molecule has 0 amide bonds. The summed E-state index contributed by atoms with van der Waals surface area (Å²) in [4.78, 5) is 11.5. The Morgan fingerprint density at radius 3 is 2.77 bits per heavy atom. The molecule has 0 unspecified atom stereocenters. The molecule has 0 aliphatic carbocycles. The number of nitrogens with zero attached hydrogens (tertiary/aromatic N) is 3. The van der Waals surface area contributed by atoms with E-state index in [1.165, 1.54) is 22.4 Å². The molecular formula is C21H28N4O. The smallest absolute Gasteiger partial charge is 0.226 e. The molecule has 26 heavy (non-hydrogen) atoms. The first-order valence-corrected chi connectivity index (χ1v) is 9.52. The molecule has 5 nitrogen and oxygen atoms in total. The van der Waals surface area contributed by atoms with Crippen LogP contribution in [0.15, 0.2) is 24.4 Å². The zero-order chi connectivity index (χ0) is 18.3. The summed E-state index contributed by atoms with van der Waals surface area (Å²) in [5.41, 5.74) is 6.19. The van der Waals surface area contributed by atoms with Crippen molar-refractivity contribution in [3.05, 3.63) is 35.5 Å². The van der Waals surface area contributed by atoms with E-state index >= 15 is 0 Å². The fraction of sp³-hybridized carbons (Fsp3) is 0.524. The lowest BCUT2D eigenvalue weighted by Gasteiger charge is -2.38. The van der Waals surface area contributed by atoms with Gasteiger partial charge in [-0.25, -0.2) is 9.97 Å². The number of ether oxygens (including phenoxy) is 1. The number of rotatable bonds is 2. The lowest BCUT2D eigenvalue weighted by Crippen LogP contribution is -2.37. The molecule has 1 saturated heterocycles. The summed E-state index contributed by atoms with van der Waals surface area (Å²) >= 11 is 0. The molecule has 2 aromatic rings. The normalized spacial score (nSPS) is 21.8. The standard InChI is InChI=1S/C21H28N4O/c1-14-11-16-15(2)13-21(3,4)24-19(16)12-17(14)18-5-6-22-20(23-18)25-7-9-26-10-8-25/h5-6,11-12,15,24H,7-10,13H2,1-4H3/t15-/m0/s1. The van der Waals surface area contributed by atoms with E-state index in [-0.39, 0.29) is 5.54 Å². The Balaban J connectivity index is 1.72. The number of morpholine rings is 1. The van der Waals surface area contributed by atoms with Crippen LogP contribution < -0.4 is 10.2 Å². The number of aromatic nitrogens is 2. The monoisotopic (exact) mass is 352 g/mol. The molecule has 0 saturated carbocycles. The molecule has 4 rings (SSSR count). The third kappa shape index (κ3) is 3.28. The van der Waals surface area contributed by atoms with Crippen LogP contribution in [0, 0.1) is 6.92 Å². The fourth-order valence-electron chi connectivity index (χ4n) is 4.23. The van der Waals surface area contributed by atoms with Crippen molar-refractivity contribution in [3.8, 4) is 11.3 Å². The Bertz CT molecular complexity index is 812. The van der Waals surface area contributed by atoms with E-state index in [0.29, 0.717) is 5.92 Å². The van der Waals surface area contributed by atoms with Gasteiger partial charge in [0.1, 0.15) is 0 Å². The summed E-state index contributed by atoms with van der Waals surface area (Å²) in [6.07, 6.45) is 3.01. The number of anilines is 2. The van der Waals surface area contributed by atoms with Crippen molar-refractivity contribution >= 4 is 11.6 Å². The van der Waals surface area contributed by atoms with Gasteiger partial charge in [0, 0.05) is 36.1 Å². The molecule has 1 aromatic heterocycles. The van der Waals surface area contributed by atoms with E-state index in [4.69, 9.17) is 9.72 Å². The number of aryl methyl sites for hydroxylation is 1. The first-order chi connectivity index (χ1) is 12.4. The van der Waals surface area contributed by atoms with Crippen molar-refractivity contribution in [2.45, 2.75) is 45.6 Å². The van der Waals surface area contributed by atoms with Crippen LogP contribution in [0.4, 0.5) is 11.6 Å². The van der Waals surface area contributed by atoms with E-state index < -0.39 is 0 Å². The summed E-state index contributed by atoms with van der Waals surface area (Å²) in [7, 11) is 0. The minimum Gasteiger partial charge on any atom is -0.380 e. The largest absolute Gasteiger partial charge is 0.380 e. The van der Waals surface area contributed by atoms with Crippen molar-refractivity contribution in [2.24, 2.45) is 0 Å². The van der Waals surface area contributed by atoms with Crippen LogP contribution in [0.1, 0.15) is 44.2 Å². The van der Waals surface area contributed by atoms with Crippen LogP contribution in [0.2, 0.25) is 0 Å². The van der Waals surface area contributed by atoms with Gasteiger partial charge in [-0.2, -0.15) is 0 Å². The zero-order valence-electron chi connectivity index (χ0n) is 16.2. The van der Waals surface area contributed by atoms with Gasteiger partial charge in [0.2, 0.25) is 5.95 Å². The highest BCUT2D eigenvalue weighted by Crippen LogP contribution is 2.41. The molecule has 1 N–H and O–H groups in total. The molecule has 138 valence electrons. The molecule has 2 aliphatic rings. The second-order valence-corrected chi connectivity index (χ2v) is 8.21. The van der Waals surface area contributed by atoms with E-state index in [9.17, 15) is 0 Å². The van der Waals surface area contributed by atoms with Crippen molar-refractivity contribution < 1.29 is 4.74 Å². The van der Waals surface area contributed by atoms with Crippen LogP contribution in [0.3, 0.4) is 0 Å². The van der Waals surface area contributed by atoms with E-state index in [1.54, 1.807) is 0 Å². The van der Waals surface area contributed by atoms with Gasteiger partial charge in [0.15, 0.2) is 0 Å². The molecule has 0 radical (unpaired) electrons. The first-order valence-electron chi connectivity index (χ1n) is 9.52. The lowest BCUT2D eigenvalue weighted by atomic mass is 9.80. The Labute approximate surface area is 155 Å². The second-order valence-electron chi connectivity index (χ2n) is 8.21. The number of nitrogens with one attached hydrogen (secondary N) is 1. The molecule has 1 fully saturated rings.